The molecule has 1 saturated heterocycles. The minimum atomic E-state index is -0.332. The van der Waals surface area contributed by atoms with Crippen molar-refractivity contribution in [3.05, 3.63) is 0 Å². The molecular weight excluding hydrogens is 198 g/mol. The van der Waals surface area contributed by atoms with Crippen LogP contribution in [-0.4, -0.2) is 16.6 Å². The standard InChI is InChI=1S/C10H15NO2S/c11-9(14)7-6-8(12)13-10(7)4-2-1-3-5-10/h7H,1-6H2,(H2,11,14). The fourth-order valence-corrected chi connectivity index (χ4v) is 2.95. The Labute approximate surface area is 89.0 Å². The smallest absolute Gasteiger partial charge is 0.307 e. The summed E-state index contributed by atoms with van der Waals surface area (Å²) in [6.07, 6.45) is 5.71. The van der Waals surface area contributed by atoms with Gasteiger partial charge in [0.25, 0.3) is 0 Å². The maximum absolute atomic E-state index is 11.3. The van der Waals surface area contributed by atoms with Gasteiger partial charge < -0.3 is 10.5 Å². The van der Waals surface area contributed by atoms with E-state index < -0.39 is 0 Å². The van der Waals surface area contributed by atoms with E-state index in [4.69, 9.17) is 22.7 Å². The number of ether oxygens (including phenoxy) is 1. The first-order valence-electron chi connectivity index (χ1n) is 5.15. The number of carbonyl (C=O) groups is 1. The van der Waals surface area contributed by atoms with Crippen LogP contribution in [0.15, 0.2) is 0 Å². The Morgan fingerprint density at radius 3 is 2.64 bits per heavy atom. The molecule has 0 amide bonds. The Morgan fingerprint density at radius 1 is 1.43 bits per heavy atom. The molecule has 2 N–H and O–H groups in total. The molecule has 1 spiro atoms. The molecule has 2 rings (SSSR count). The average Bonchev–Trinajstić information content (AvgIpc) is 2.44. The Morgan fingerprint density at radius 2 is 2.07 bits per heavy atom. The lowest BCUT2D eigenvalue weighted by Gasteiger charge is -2.36. The van der Waals surface area contributed by atoms with Gasteiger partial charge in [0.05, 0.1) is 17.3 Å². The van der Waals surface area contributed by atoms with Crippen molar-refractivity contribution in [1.82, 2.24) is 0 Å². The number of hydrogen-bond donors (Lipinski definition) is 1. The summed E-state index contributed by atoms with van der Waals surface area (Å²) in [6.45, 7) is 0. The second-order valence-electron chi connectivity index (χ2n) is 4.26. The minimum absolute atomic E-state index is 0.0229. The molecule has 2 fully saturated rings. The molecule has 3 nitrogen and oxygen atoms in total. The van der Waals surface area contributed by atoms with Crippen LogP contribution < -0.4 is 5.73 Å². The molecule has 0 aromatic carbocycles. The Hall–Kier alpha value is -0.640. The molecule has 1 aliphatic heterocycles. The molecule has 0 bridgehead atoms. The summed E-state index contributed by atoms with van der Waals surface area (Å²) < 4.78 is 5.46. The van der Waals surface area contributed by atoms with Gasteiger partial charge in [0, 0.05) is 0 Å². The second-order valence-corrected chi connectivity index (χ2v) is 4.73. The summed E-state index contributed by atoms with van der Waals surface area (Å²) in [6, 6.07) is 0. The summed E-state index contributed by atoms with van der Waals surface area (Å²) in [7, 11) is 0. The predicted molar refractivity (Wildman–Crippen MR) is 56.8 cm³/mol. The first kappa shape index (κ1) is 9.90. The van der Waals surface area contributed by atoms with E-state index in [1.54, 1.807) is 0 Å². The molecule has 1 heterocycles. The van der Waals surface area contributed by atoms with E-state index in [0.29, 0.717) is 11.4 Å². The van der Waals surface area contributed by atoms with Gasteiger partial charge in [-0.15, -0.1) is 0 Å². The minimum Gasteiger partial charge on any atom is -0.458 e. The molecule has 1 aliphatic carbocycles. The molecule has 1 unspecified atom stereocenters. The average molecular weight is 213 g/mol. The maximum Gasteiger partial charge on any atom is 0.307 e. The molecule has 4 heteroatoms. The number of carbonyl (C=O) groups excluding carboxylic acids is 1. The van der Waals surface area contributed by atoms with Crippen LogP contribution in [0.1, 0.15) is 38.5 Å². The van der Waals surface area contributed by atoms with Crippen LogP contribution in [0.2, 0.25) is 0 Å². The van der Waals surface area contributed by atoms with Gasteiger partial charge in [-0.2, -0.15) is 0 Å². The number of thiocarbonyl (C=S) groups is 1. The quantitative estimate of drug-likeness (QED) is 0.530. The van der Waals surface area contributed by atoms with Crippen LogP contribution in [0, 0.1) is 5.92 Å². The van der Waals surface area contributed by atoms with Crippen LogP contribution >= 0.6 is 12.2 Å². The van der Waals surface area contributed by atoms with Crippen molar-refractivity contribution in [2.24, 2.45) is 11.7 Å². The van der Waals surface area contributed by atoms with Gasteiger partial charge in [-0.25, -0.2) is 0 Å². The van der Waals surface area contributed by atoms with Crippen LogP contribution in [0.4, 0.5) is 0 Å². The third-order valence-corrected chi connectivity index (χ3v) is 3.65. The van der Waals surface area contributed by atoms with Gasteiger partial charge in [-0.1, -0.05) is 18.6 Å². The number of hydrogen-bond acceptors (Lipinski definition) is 3. The molecule has 1 saturated carbocycles. The van der Waals surface area contributed by atoms with Crippen LogP contribution in [0.5, 0.6) is 0 Å². The SMILES string of the molecule is NC(=S)C1CC(=O)OC12CCCCC2. The van der Waals surface area contributed by atoms with Gasteiger partial charge in [-0.05, 0) is 25.7 Å². The fourth-order valence-electron chi connectivity index (χ4n) is 2.65. The van der Waals surface area contributed by atoms with Gasteiger partial charge in [0.1, 0.15) is 5.60 Å². The molecule has 0 aromatic heterocycles. The van der Waals surface area contributed by atoms with Crippen LogP contribution in [0.3, 0.4) is 0 Å². The van der Waals surface area contributed by atoms with Gasteiger partial charge in [-0.3, -0.25) is 4.79 Å². The monoisotopic (exact) mass is 213 g/mol. The largest absolute Gasteiger partial charge is 0.458 e. The van der Waals surface area contributed by atoms with Gasteiger partial charge in [0.15, 0.2) is 0 Å². The summed E-state index contributed by atoms with van der Waals surface area (Å²) in [4.78, 5) is 11.7. The lowest BCUT2D eigenvalue weighted by Crippen LogP contribution is -2.43. The molecule has 0 aromatic rings. The lowest BCUT2D eigenvalue weighted by atomic mass is 9.76. The molecule has 14 heavy (non-hydrogen) atoms. The van der Waals surface area contributed by atoms with Gasteiger partial charge >= 0.3 is 5.97 Å². The zero-order valence-corrected chi connectivity index (χ0v) is 8.94. The molecule has 1 atom stereocenters. The van der Waals surface area contributed by atoms with E-state index in [1.165, 1.54) is 6.42 Å². The Bertz CT molecular complexity index is 271. The third-order valence-electron chi connectivity index (χ3n) is 3.37. The summed E-state index contributed by atoms with van der Waals surface area (Å²) in [5, 5.41) is 0. The van der Waals surface area contributed by atoms with E-state index in [1.807, 2.05) is 0 Å². The second kappa shape index (κ2) is 3.50. The van der Waals surface area contributed by atoms with E-state index >= 15 is 0 Å². The number of nitrogens with two attached hydrogens (primary N) is 1. The lowest BCUT2D eigenvalue weighted by molar-refractivity contribution is -0.151. The summed E-state index contributed by atoms with van der Waals surface area (Å²) in [5.41, 5.74) is 5.33. The summed E-state index contributed by atoms with van der Waals surface area (Å²) >= 11 is 5.01. The normalized spacial score (nSPS) is 30.3. The number of esters is 1. The Balaban J connectivity index is 2.21. The molecule has 78 valence electrons. The van der Waals surface area contributed by atoms with Crippen molar-refractivity contribution < 1.29 is 9.53 Å². The van der Waals surface area contributed by atoms with Crippen molar-refractivity contribution in [2.45, 2.75) is 44.1 Å². The Kier molecular flexibility index (Phi) is 2.47. The molecular formula is C10H15NO2S. The first-order valence-corrected chi connectivity index (χ1v) is 5.56. The zero-order valence-electron chi connectivity index (χ0n) is 8.12. The predicted octanol–water partition coefficient (Wildman–Crippen LogP) is 1.54. The van der Waals surface area contributed by atoms with Crippen LogP contribution in [-0.2, 0) is 9.53 Å². The number of rotatable bonds is 1. The maximum atomic E-state index is 11.3. The van der Waals surface area contributed by atoms with E-state index in [-0.39, 0.29) is 17.5 Å². The van der Waals surface area contributed by atoms with Gasteiger partial charge in [0.2, 0.25) is 0 Å². The van der Waals surface area contributed by atoms with Crippen LogP contribution in [0.25, 0.3) is 0 Å². The zero-order chi connectivity index (χ0) is 10.2. The topological polar surface area (TPSA) is 52.3 Å². The highest BCUT2D eigenvalue weighted by atomic mass is 32.1. The van der Waals surface area contributed by atoms with E-state index in [9.17, 15) is 4.79 Å². The van der Waals surface area contributed by atoms with Crippen molar-refractivity contribution in [3.63, 3.8) is 0 Å². The van der Waals surface area contributed by atoms with E-state index in [0.717, 1.165) is 25.7 Å². The fraction of sp³-hybridized carbons (Fsp3) is 0.800. The third kappa shape index (κ3) is 1.52. The highest BCUT2D eigenvalue weighted by Crippen LogP contribution is 2.44. The summed E-state index contributed by atoms with van der Waals surface area (Å²) in [5.74, 6) is -0.157. The van der Waals surface area contributed by atoms with Crippen molar-refractivity contribution in [2.75, 3.05) is 0 Å². The van der Waals surface area contributed by atoms with Crippen molar-refractivity contribution in [1.29, 1.82) is 0 Å². The highest BCUT2D eigenvalue weighted by Gasteiger charge is 2.50. The molecule has 0 radical (unpaired) electrons. The molecule has 2 aliphatic rings. The van der Waals surface area contributed by atoms with Crippen molar-refractivity contribution in [3.8, 4) is 0 Å². The first-order chi connectivity index (χ1) is 6.64. The highest BCUT2D eigenvalue weighted by molar-refractivity contribution is 7.80. The van der Waals surface area contributed by atoms with Crippen molar-refractivity contribution >= 4 is 23.2 Å². The van der Waals surface area contributed by atoms with E-state index in [2.05, 4.69) is 0 Å².